The van der Waals surface area contributed by atoms with Gasteiger partial charge in [0.2, 0.25) is 5.91 Å². The van der Waals surface area contributed by atoms with Gasteiger partial charge in [-0.3, -0.25) is 4.79 Å². The summed E-state index contributed by atoms with van der Waals surface area (Å²) in [7, 11) is 1.66. The number of hydrogen-bond acceptors (Lipinski definition) is 2. The lowest BCUT2D eigenvalue weighted by molar-refractivity contribution is -0.133. The van der Waals surface area contributed by atoms with E-state index in [9.17, 15) is 4.79 Å². The lowest BCUT2D eigenvalue weighted by Crippen LogP contribution is -2.40. The summed E-state index contributed by atoms with van der Waals surface area (Å²) in [6.07, 6.45) is 0.933. The van der Waals surface area contributed by atoms with Gasteiger partial charge in [-0.1, -0.05) is 19.1 Å². The largest absolute Gasteiger partial charge is 0.497 e. The molecule has 0 aromatic heterocycles. The summed E-state index contributed by atoms with van der Waals surface area (Å²) in [5.41, 5.74) is 1.10. The van der Waals surface area contributed by atoms with Gasteiger partial charge in [-0.2, -0.15) is 0 Å². The Bertz CT molecular complexity index is 436. The fourth-order valence-corrected chi connectivity index (χ4v) is 2.72. The Balaban J connectivity index is 2.15. The first-order valence-corrected chi connectivity index (χ1v) is 6.38. The molecule has 1 amide bonds. The quantitative estimate of drug-likeness (QED) is 0.822. The number of carbonyl (C=O) groups excluding carboxylic acids is 1. The summed E-state index contributed by atoms with van der Waals surface area (Å²) < 4.78 is 5.14. The van der Waals surface area contributed by atoms with E-state index in [0.717, 1.165) is 17.7 Å². The topological polar surface area (TPSA) is 29.5 Å². The molecule has 0 aliphatic carbocycles. The predicted octanol–water partition coefficient (Wildman–Crippen LogP) is 2.84. The molecule has 0 bridgehead atoms. The number of methoxy groups -OCH3 is 1. The monoisotopic (exact) mass is 247 g/mol. The van der Waals surface area contributed by atoms with E-state index in [0.29, 0.717) is 6.54 Å². The lowest BCUT2D eigenvalue weighted by Gasteiger charge is -2.31. The van der Waals surface area contributed by atoms with E-state index in [1.54, 1.807) is 7.11 Å². The van der Waals surface area contributed by atoms with Crippen LogP contribution in [0.3, 0.4) is 0 Å². The molecule has 1 heterocycles. The number of hydrogen-bond donors (Lipinski definition) is 0. The number of amides is 1. The normalized spacial score (nSPS) is 22.3. The van der Waals surface area contributed by atoms with Crippen molar-refractivity contribution in [3.05, 3.63) is 29.8 Å². The Morgan fingerprint density at radius 3 is 2.39 bits per heavy atom. The first-order valence-electron chi connectivity index (χ1n) is 6.38. The SMILES string of the molecule is COc1ccc(CN2C(=O)C(C)CC2(C)C)cc1. The zero-order chi connectivity index (χ0) is 13.3. The third-order valence-electron chi connectivity index (χ3n) is 3.72. The molecule has 1 aromatic rings. The first-order chi connectivity index (χ1) is 8.44. The van der Waals surface area contributed by atoms with Crippen molar-refractivity contribution in [2.75, 3.05) is 7.11 Å². The molecule has 18 heavy (non-hydrogen) atoms. The maximum absolute atomic E-state index is 12.1. The number of likely N-dealkylation sites (tertiary alicyclic amines) is 1. The zero-order valence-electron chi connectivity index (χ0n) is 11.6. The van der Waals surface area contributed by atoms with E-state index >= 15 is 0 Å². The molecule has 2 rings (SSSR count). The van der Waals surface area contributed by atoms with Crippen molar-refractivity contribution in [3.63, 3.8) is 0 Å². The maximum Gasteiger partial charge on any atom is 0.226 e. The number of ether oxygens (including phenoxy) is 1. The van der Waals surface area contributed by atoms with Crippen molar-refractivity contribution in [3.8, 4) is 5.75 Å². The molecule has 1 saturated heterocycles. The summed E-state index contributed by atoms with van der Waals surface area (Å²) in [5.74, 6) is 1.24. The van der Waals surface area contributed by atoms with Gasteiger partial charge in [0.15, 0.2) is 0 Å². The average molecular weight is 247 g/mol. The minimum atomic E-state index is -0.0452. The summed E-state index contributed by atoms with van der Waals surface area (Å²) in [6, 6.07) is 7.91. The molecule has 1 atom stereocenters. The van der Waals surface area contributed by atoms with Crippen LogP contribution in [-0.2, 0) is 11.3 Å². The molecular weight excluding hydrogens is 226 g/mol. The smallest absolute Gasteiger partial charge is 0.226 e. The number of nitrogens with zero attached hydrogens (tertiary/aromatic N) is 1. The third-order valence-corrected chi connectivity index (χ3v) is 3.72. The van der Waals surface area contributed by atoms with Gasteiger partial charge in [0, 0.05) is 18.0 Å². The van der Waals surface area contributed by atoms with Crippen LogP contribution in [0.4, 0.5) is 0 Å². The molecule has 1 aliphatic heterocycles. The van der Waals surface area contributed by atoms with E-state index in [4.69, 9.17) is 4.74 Å². The molecule has 0 N–H and O–H groups in total. The van der Waals surface area contributed by atoms with Crippen LogP contribution in [0.5, 0.6) is 5.75 Å². The Morgan fingerprint density at radius 1 is 1.33 bits per heavy atom. The third kappa shape index (κ3) is 2.35. The highest BCUT2D eigenvalue weighted by molar-refractivity contribution is 5.81. The molecule has 0 saturated carbocycles. The van der Waals surface area contributed by atoms with Crippen molar-refractivity contribution < 1.29 is 9.53 Å². The molecule has 3 nitrogen and oxygen atoms in total. The van der Waals surface area contributed by atoms with Crippen LogP contribution < -0.4 is 4.74 Å². The van der Waals surface area contributed by atoms with Crippen LogP contribution in [0.25, 0.3) is 0 Å². The first kappa shape index (κ1) is 12.9. The van der Waals surface area contributed by atoms with Crippen molar-refractivity contribution in [1.29, 1.82) is 0 Å². The predicted molar refractivity (Wildman–Crippen MR) is 71.4 cm³/mol. The fourth-order valence-electron chi connectivity index (χ4n) is 2.72. The highest BCUT2D eigenvalue weighted by Crippen LogP contribution is 2.34. The molecular formula is C15H21NO2. The molecule has 1 aromatic carbocycles. The van der Waals surface area contributed by atoms with Crippen LogP contribution >= 0.6 is 0 Å². The molecule has 1 aliphatic rings. The van der Waals surface area contributed by atoms with E-state index in [1.165, 1.54) is 0 Å². The van der Waals surface area contributed by atoms with E-state index < -0.39 is 0 Å². The van der Waals surface area contributed by atoms with Crippen LogP contribution in [0.2, 0.25) is 0 Å². The summed E-state index contributed by atoms with van der Waals surface area (Å²) in [5, 5.41) is 0. The van der Waals surface area contributed by atoms with Crippen molar-refractivity contribution in [2.24, 2.45) is 5.92 Å². The Kier molecular flexibility index (Phi) is 3.33. The van der Waals surface area contributed by atoms with Crippen molar-refractivity contribution in [1.82, 2.24) is 4.90 Å². The summed E-state index contributed by atoms with van der Waals surface area (Å²) in [6.45, 7) is 6.97. The molecule has 1 fully saturated rings. The highest BCUT2D eigenvalue weighted by atomic mass is 16.5. The van der Waals surface area contributed by atoms with Gasteiger partial charge in [0.25, 0.3) is 0 Å². The minimum absolute atomic E-state index is 0.0452. The second-order valence-electron chi connectivity index (χ2n) is 5.69. The summed E-state index contributed by atoms with van der Waals surface area (Å²) in [4.78, 5) is 14.1. The minimum Gasteiger partial charge on any atom is -0.497 e. The second-order valence-corrected chi connectivity index (χ2v) is 5.69. The van der Waals surface area contributed by atoms with Crippen molar-refractivity contribution in [2.45, 2.75) is 39.3 Å². The summed E-state index contributed by atoms with van der Waals surface area (Å²) >= 11 is 0. The van der Waals surface area contributed by atoms with E-state index in [-0.39, 0.29) is 17.4 Å². The van der Waals surface area contributed by atoms with Crippen LogP contribution in [0.15, 0.2) is 24.3 Å². The highest BCUT2D eigenvalue weighted by Gasteiger charge is 2.42. The Hall–Kier alpha value is -1.51. The maximum atomic E-state index is 12.1. The molecule has 3 heteroatoms. The van der Waals surface area contributed by atoms with Gasteiger partial charge in [-0.15, -0.1) is 0 Å². The average Bonchev–Trinajstić information content (AvgIpc) is 2.52. The molecule has 0 radical (unpaired) electrons. The van der Waals surface area contributed by atoms with Crippen molar-refractivity contribution >= 4 is 5.91 Å². The Labute approximate surface area is 109 Å². The van der Waals surface area contributed by atoms with Gasteiger partial charge in [-0.05, 0) is 38.0 Å². The fraction of sp³-hybridized carbons (Fsp3) is 0.533. The van der Waals surface area contributed by atoms with Gasteiger partial charge in [0.05, 0.1) is 7.11 Å². The van der Waals surface area contributed by atoms with Crippen LogP contribution in [0, 0.1) is 5.92 Å². The molecule has 98 valence electrons. The van der Waals surface area contributed by atoms with E-state index in [2.05, 4.69) is 13.8 Å². The lowest BCUT2D eigenvalue weighted by atomic mass is 9.97. The number of rotatable bonds is 3. The van der Waals surface area contributed by atoms with Gasteiger partial charge < -0.3 is 9.64 Å². The van der Waals surface area contributed by atoms with Crippen LogP contribution in [0.1, 0.15) is 32.8 Å². The second kappa shape index (κ2) is 4.63. The Morgan fingerprint density at radius 2 is 1.94 bits per heavy atom. The number of carbonyl (C=O) groups is 1. The van der Waals surface area contributed by atoms with E-state index in [1.807, 2.05) is 36.1 Å². The van der Waals surface area contributed by atoms with Gasteiger partial charge in [-0.25, -0.2) is 0 Å². The standard InChI is InChI=1S/C15H21NO2/c1-11-9-15(2,3)16(14(11)17)10-12-5-7-13(18-4)8-6-12/h5-8,11H,9-10H2,1-4H3. The molecule has 1 unspecified atom stereocenters. The molecule has 0 spiro atoms. The number of benzene rings is 1. The van der Waals surface area contributed by atoms with Gasteiger partial charge >= 0.3 is 0 Å². The van der Waals surface area contributed by atoms with Gasteiger partial charge in [0.1, 0.15) is 5.75 Å². The van der Waals surface area contributed by atoms with Crippen LogP contribution in [-0.4, -0.2) is 23.5 Å². The zero-order valence-corrected chi connectivity index (χ0v) is 11.6.